The number of nitrogens with one attached hydrogen (secondary N) is 1. The fourth-order valence-electron chi connectivity index (χ4n) is 1.83. The molecule has 0 radical (unpaired) electrons. The summed E-state index contributed by atoms with van der Waals surface area (Å²) in [5.74, 6) is 0.441. The second-order valence-corrected chi connectivity index (χ2v) is 4.99. The Morgan fingerprint density at radius 1 is 1.15 bits per heavy atom. The quantitative estimate of drug-likeness (QED) is 0.652. The average Bonchev–Trinajstić information content (AvgIpc) is 2.39. The zero-order valence-corrected chi connectivity index (χ0v) is 16.1. The largest absolute Gasteiger partial charge is 1.00 e. The maximum Gasteiger partial charge on any atom is 1.00 e. The predicted molar refractivity (Wildman–Crippen MR) is 81.6 cm³/mol. The first-order valence-electron chi connectivity index (χ1n) is 6.55. The first-order valence-corrected chi connectivity index (χ1v) is 6.55. The average molecular weight is 295 g/mol. The number of rotatable bonds is 2. The molecule has 1 N–H and O–H groups in total. The molecule has 0 aliphatic carbocycles. The molecular formula is C17H22KNO. The zero-order valence-electron chi connectivity index (χ0n) is 12.9. The molecule has 2 aromatic rings. The molecule has 0 heterocycles. The second kappa shape index (κ2) is 10.5. The Balaban J connectivity index is 0.000000364. The maximum absolute atomic E-state index is 10.4. The fourth-order valence-corrected chi connectivity index (χ4v) is 1.83. The van der Waals surface area contributed by atoms with Gasteiger partial charge in [0.25, 0.3) is 0 Å². The van der Waals surface area contributed by atoms with Crippen LogP contribution in [0.2, 0.25) is 0 Å². The summed E-state index contributed by atoms with van der Waals surface area (Å²) in [5.41, 5.74) is 1.35. The predicted octanol–water partition coefficient (Wildman–Crippen LogP) is 1.09. The van der Waals surface area contributed by atoms with E-state index in [1.807, 2.05) is 13.8 Å². The number of hydrogen-bond acceptors (Lipinski definition) is 1. The summed E-state index contributed by atoms with van der Waals surface area (Å²) in [6, 6.07) is 14.8. The van der Waals surface area contributed by atoms with Gasteiger partial charge in [-0.15, -0.1) is 0 Å². The van der Waals surface area contributed by atoms with E-state index in [1.54, 1.807) is 0 Å². The molecule has 0 atom stereocenters. The van der Waals surface area contributed by atoms with Crippen LogP contribution in [-0.2, 0) is 4.79 Å². The van der Waals surface area contributed by atoms with Crippen molar-refractivity contribution in [3.05, 3.63) is 55.1 Å². The molecule has 0 unspecified atom stereocenters. The van der Waals surface area contributed by atoms with Gasteiger partial charge in [-0.05, 0) is 29.2 Å². The zero-order chi connectivity index (χ0) is 14.3. The molecule has 0 aliphatic heterocycles. The van der Waals surface area contributed by atoms with E-state index in [9.17, 15) is 4.79 Å². The first kappa shape index (κ1) is 19.8. The normalized spacial score (nSPS) is 9.45. The molecule has 0 aliphatic rings. The molecule has 0 aromatic heterocycles. The van der Waals surface area contributed by atoms with Crippen molar-refractivity contribution in [2.75, 3.05) is 0 Å². The number of amides is 1. The maximum atomic E-state index is 10.4. The molecule has 0 bridgehead atoms. The van der Waals surface area contributed by atoms with E-state index in [0.717, 1.165) is 0 Å². The van der Waals surface area contributed by atoms with Crippen molar-refractivity contribution in [1.82, 2.24) is 5.32 Å². The third kappa shape index (κ3) is 7.00. The molecule has 0 saturated heterocycles. The molecule has 2 nitrogen and oxygen atoms in total. The molecular weight excluding hydrogens is 273 g/mol. The number of benzene rings is 2. The van der Waals surface area contributed by atoms with Gasteiger partial charge in [0.1, 0.15) is 0 Å². The Kier molecular flexibility index (Phi) is 10.4. The van der Waals surface area contributed by atoms with Gasteiger partial charge in [0.2, 0.25) is 0 Å². The topological polar surface area (TPSA) is 29.1 Å². The van der Waals surface area contributed by atoms with Gasteiger partial charge in [-0.3, -0.25) is 11.8 Å². The van der Waals surface area contributed by atoms with Crippen LogP contribution in [0.4, 0.5) is 0 Å². The molecule has 2 rings (SSSR count). The number of carbonyl (C=O) groups excluding carboxylic acids is 1. The van der Waals surface area contributed by atoms with Crippen LogP contribution in [0.15, 0.2) is 42.5 Å². The Labute approximate surface area is 164 Å². The van der Waals surface area contributed by atoms with Gasteiger partial charge in [0.05, 0.1) is 0 Å². The molecule has 0 spiro atoms. The molecule has 20 heavy (non-hydrogen) atoms. The van der Waals surface area contributed by atoms with Crippen LogP contribution in [0.3, 0.4) is 0 Å². The van der Waals surface area contributed by atoms with Gasteiger partial charge in [-0.25, -0.2) is 0 Å². The molecule has 3 heteroatoms. The van der Waals surface area contributed by atoms with Gasteiger partial charge in [0, 0.05) is 6.42 Å². The van der Waals surface area contributed by atoms with E-state index in [0.29, 0.717) is 12.3 Å². The summed E-state index contributed by atoms with van der Waals surface area (Å²) in [7, 11) is 3.24. The monoisotopic (exact) mass is 295 g/mol. The molecule has 0 fully saturated rings. The van der Waals surface area contributed by atoms with E-state index >= 15 is 0 Å². The fraction of sp³-hybridized carbons (Fsp3) is 0.294. The van der Waals surface area contributed by atoms with Crippen molar-refractivity contribution in [3.8, 4) is 0 Å². The smallest absolute Gasteiger partial charge is 0.508 e. The van der Waals surface area contributed by atoms with Crippen LogP contribution in [-0.4, -0.2) is 5.91 Å². The number of fused-ring (bicyclic) bond motifs is 1. The Bertz CT molecular complexity index is 532. The van der Waals surface area contributed by atoms with E-state index < -0.39 is 0 Å². The van der Waals surface area contributed by atoms with E-state index in [2.05, 4.69) is 61.8 Å². The standard InChI is InChI=1S/C11H10.C6H12NO.K/c1-9-5-4-7-10-6-2-3-8-11(9)10;1-5(2)4-6(8)7-3;/h2-8H,1H3;5H,3-4H2,1-2H3,(H,7,8);/q;-1;+1. The van der Waals surface area contributed by atoms with Crippen molar-refractivity contribution < 1.29 is 56.2 Å². The molecule has 0 saturated carbocycles. The molecule has 102 valence electrons. The SMILES string of the molecule is Cc1cccc2ccccc12.[CH2-]NC(=O)CC(C)C.[K+]. The van der Waals surface area contributed by atoms with Crippen LogP contribution in [0.5, 0.6) is 0 Å². The van der Waals surface area contributed by atoms with Gasteiger partial charge < -0.3 is 5.32 Å². The number of hydrogen-bond donors (Lipinski definition) is 1. The van der Waals surface area contributed by atoms with Crippen molar-refractivity contribution in [2.45, 2.75) is 27.2 Å². The number of aryl methyl sites for hydroxylation is 1. The third-order valence-electron chi connectivity index (χ3n) is 2.80. The van der Waals surface area contributed by atoms with Crippen molar-refractivity contribution >= 4 is 16.7 Å². The number of carbonyl (C=O) groups is 1. The van der Waals surface area contributed by atoms with Gasteiger partial charge in [-0.1, -0.05) is 56.3 Å². The summed E-state index contributed by atoms with van der Waals surface area (Å²) < 4.78 is 0. The van der Waals surface area contributed by atoms with E-state index in [4.69, 9.17) is 0 Å². The van der Waals surface area contributed by atoms with Gasteiger partial charge in [0.15, 0.2) is 5.91 Å². The van der Waals surface area contributed by atoms with Crippen molar-refractivity contribution in [2.24, 2.45) is 5.92 Å². The molecule has 1 amide bonds. The Morgan fingerprint density at radius 3 is 2.25 bits per heavy atom. The van der Waals surface area contributed by atoms with Crippen LogP contribution >= 0.6 is 0 Å². The Morgan fingerprint density at radius 2 is 1.75 bits per heavy atom. The summed E-state index contributed by atoms with van der Waals surface area (Å²) in [6.07, 6.45) is 0.573. The third-order valence-corrected chi connectivity index (χ3v) is 2.80. The van der Waals surface area contributed by atoms with Crippen LogP contribution in [0.25, 0.3) is 10.8 Å². The Hall–Kier alpha value is -0.194. The van der Waals surface area contributed by atoms with Crippen molar-refractivity contribution in [3.63, 3.8) is 0 Å². The van der Waals surface area contributed by atoms with Crippen LogP contribution in [0.1, 0.15) is 25.8 Å². The van der Waals surface area contributed by atoms with E-state index in [-0.39, 0.29) is 57.3 Å². The first-order chi connectivity index (χ1) is 9.04. The minimum atomic E-state index is 0. The minimum Gasteiger partial charge on any atom is -0.508 e. The summed E-state index contributed by atoms with van der Waals surface area (Å²) in [4.78, 5) is 10.4. The summed E-state index contributed by atoms with van der Waals surface area (Å²) in [6.45, 7) is 6.13. The van der Waals surface area contributed by atoms with Crippen LogP contribution in [0, 0.1) is 19.9 Å². The summed E-state index contributed by atoms with van der Waals surface area (Å²) in [5, 5.41) is 4.99. The van der Waals surface area contributed by atoms with E-state index in [1.165, 1.54) is 16.3 Å². The van der Waals surface area contributed by atoms with Gasteiger partial charge >= 0.3 is 51.4 Å². The van der Waals surface area contributed by atoms with Crippen LogP contribution < -0.4 is 56.7 Å². The van der Waals surface area contributed by atoms with Gasteiger partial charge in [-0.2, -0.15) is 0 Å². The second-order valence-electron chi connectivity index (χ2n) is 4.99. The van der Waals surface area contributed by atoms with Crippen molar-refractivity contribution in [1.29, 1.82) is 0 Å². The molecule has 2 aromatic carbocycles. The summed E-state index contributed by atoms with van der Waals surface area (Å²) >= 11 is 0. The minimum absolute atomic E-state index is 0.